The van der Waals surface area contributed by atoms with Gasteiger partial charge in [0, 0.05) is 31.3 Å². The second kappa shape index (κ2) is 14.5. The van der Waals surface area contributed by atoms with Gasteiger partial charge in [-0.15, -0.1) is 0 Å². The number of aliphatic imine (C=N–C) groups is 1. The molecule has 6 nitrogen and oxygen atoms in total. The van der Waals surface area contributed by atoms with Gasteiger partial charge >= 0.3 is 5.97 Å². The molecule has 2 aliphatic rings. The molecule has 1 aliphatic carbocycles. The van der Waals surface area contributed by atoms with Gasteiger partial charge in [0.15, 0.2) is 5.78 Å². The fourth-order valence-electron chi connectivity index (χ4n) is 6.24. The van der Waals surface area contributed by atoms with Crippen molar-refractivity contribution in [2.45, 2.75) is 85.7 Å². The summed E-state index contributed by atoms with van der Waals surface area (Å²) in [6.45, 7) is 13.2. The lowest BCUT2D eigenvalue weighted by Crippen LogP contribution is -2.52. The molecule has 41 heavy (non-hydrogen) atoms. The fraction of sp³-hybridized carbons (Fsp3) is 0.514. The summed E-state index contributed by atoms with van der Waals surface area (Å²) in [5.74, 6) is 0.150. The maximum atomic E-state index is 13.6. The highest BCUT2D eigenvalue weighted by atomic mass is 16.5. The average Bonchev–Trinajstić information content (AvgIpc) is 2.97. The quantitative estimate of drug-likeness (QED) is 0.203. The van der Waals surface area contributed by atoms with Crippen LogP contribution in [0.25, 0.3) is 0 Å². The molecule has 1 aromatic carbocycles. The number of benzene rings is 1. The Labute approximate surface area is 246 Å². The number of ketones is 1. The topological polar surface area (TPSA) is 68.2 Å². The van der Waals surface area contributed by atoms with Crippen LogP contribution in [-0.2, 0) is 25.5 Å². The van der Waals surface area contributed by atoms with Crippen molar-refractivity contribution in [3.63, 3.8) is 0 Å². The fourth-order valence-corrected chi connectivity index (χ4v) is 6.24. The van der Waals surface area contributed by atoms with Gasteiger partial charge in [0.1, 0.15) is 17.0 Å². The Morgan fingerprint density at radius 3 is 2.44 bits per heavy atom. The van der Waals surface area contributed by atoms with E-state index in [-0.39, 0.29) is 47.8 Å². The van der Waals surface area contributed by atoms with Crippen molar-refractivity contribution in [2.24, 2.45) is 16.3 Å². The Hall–Kier alpha value is -3.41. The standard InChI is InChI=1S/C35H48N2O4/c1-9-24(4)32(26-18-15-19-30(40-8)33(26)36-7)28-22-29(38)27(34(39)41-11-3)23-37(28)31(10-2)35(5,6)21-20-25-16-13-12-14-17-25/h12-19,23-24,28,31H,9-11,20-22H2,1-8H3/b32-26+,36-33?. The number of hydrogen-bond acceptors (Lipinski definition) is 6. The highest BCUT2D eigenvalue weighted by molar-refractivity contribution is 6.18. The largest absolute Gasteiger partial charge is 0.494 e. The lowest BCUT2D eigenvalue weighted by molar-refractivity contribution is -0.140. The number of ether oxygens (including phenoxy) is 2. The van der Waals surface area contributed by atoms with Crippen LogP contribution in [0.4, 0.5) is 0 Å². The van der Waals surface area contributed by atoms with Gasteiger partial charge in [-0.25, -0.2) is 4.79 Å². The molecular formula is C35H48N2O4. The Kier molecular flexibility index (Phi) is 11.3. The van der Waals surface area contributed by atoms with E-state index in [1.807, 2.05) is 18.2 Å². The summed E-state index contributed by atoms with van der Waals surface area (Å²) in [6, 6.07) is 10.4. The Morgan fingerprint density at radius 2 is 1.85 bits per heavy atom. The molecule has 0 aromatic heterocycles. The first kappa shape index (κ1) is 32.1. The normalized spacial score (nSPS) is 21.3. The number of hydrogen-bond donors (Lipinski definition) is 0. The maximum Gasteiger partial charge on any atom is 0.343 e. The summed E-state index contributed by atoms with van der Waals surface area (Å²) in [7, 11) is 3.43. The molecule has 0 radical (unpaired) electrons. The number of allylic oxidation sites excluding steroid dienone is 4. The molecule has 0 bridgehead atoms. The summed E-state index contributed by atoms with van der Waals surface area (Å²) in [5, 5.41) is 0. The maximum absolute atomic E-state index is 13.6. The third-order valence-corrected chi connectivity index (χ3v) is 8.62. The molecule has 3 rings (SSSR count). The van der Waals surface area contributed by atoms with E-state index in [4.69, 9.17) is 9.47 Å². The number of Topliss-reactive ketones (excluding diaryl/α,β-unsaturated/α-hetero) is 1. The summed E-state index contributed by atoms with van der Waals surface area (Å²) < 4.78 is 11.0. The van der Waals surface area contributed by atoms with Crippen LogP contribution in [0.1, 0.15) is 72.8 Å². The molecule has 6 heteroatoms. The van der Waals surface area contributed by atoms with E-state index in [0.717, 1.165) is 42.5 Å². The SMILES string of the molecule is CCOC(=O)C1=CN(C(CC)C(C)(C)CCc2ccccc2)C(/C(=C2\C=CC=C(OC)C2=NC)C(C)CC)CC1=O. The van der Waals surface area contributed by atoms with Crippen LogP contribution in [-0.4, -0.2) is 55.2 Å². The molecule has 0 amide bonds. The van der Waals surface area contributed by atoms with Crippen LogP contribution in [0.3, 0.4) is 0 Å². The average molecular weight is 561 g/mol. The lowest BCUT2D eigenvalue weighted by atomic mass is 9.74. The molecule has 3 unspecified atom stereocenters. The summed E-state index contributed by atoms with van der Waals surface area (Å²) >= 11 is 0. The number of esters is 1. The first-order valence-corrected chi connectivity index (χ1v) is 15.0. The highest BCUT2D eigenvalue weighted by Crippen LogP contribution is 2.41. The second-order valence-electron chi connectivity index (χ2n) is 11.6. The molecule has 0 saturated carbocycles. The number of aryl methyl sites for hydroxylation is 1. The van der Waals surface area contributed by atoms with E-state index in [1.54, 1.807) is 27.3 Å². The van der Waals surface area contributed by atoms with Crippen molar-refractivity contribution in [2.75, 3.05) is 20.8 Å². The van der Waals surface area contributed by atoms with Crippen molar-refractivity contribution in [3.8, 4) is 0 Å². The highest BCUT2D eigenvalue weighted by Gasteiger charge is 2.43. The van der Waals surface area contributed by atoms with Crippen molar-refractivity contribution in [1.29, 1.82) is 0 Å². The van der Waals surface area contributed by atoms with Gasteiger partial charge in [-0.2, -0.15) is 0 Å². The zero-order valence-electron chi connectivity index (χ0n) is 26.2. The van der Waals surface area contributed by atoms with Crippen LogP contribution in [0.15, 0.2) is 82.2 Å². The zero-order chi connectivity index (χ0) is 30.2. The summed E-state index contributed by atoms with van der Waals surface area (Å²) in [5.41, 5.74) is 4.25. The monoisotopic (exact) mass is 560 g/mol. The minimum absolute atomic E-state index is 0.0698. The Balaban J connectivity index is 2.19. The van der Waals surface area contributed by atoms with E-state index in [2.05, 4.69) is 74.9 Å². The van der Waals surface area contributed by atoms with E-state index < -0.39 is 5.97 Å². The molecule has 0 saturated heterocycles. The van der Waals surface area contributed by atoms with Crippen molar-refractivity contribution >= 4 is 17.5 Å². The first-order chi connectivity index (χ1) is 19.6. The molecule has 0 spiro atoms. The molecule has 222 valence electrons. The van der Waals surface area contributed by atoms with Gasteiger partial charge < -0.3 is 14.4 Å². The summed E-state index contributed by atoms with van der Waals surface area (Å²) in [4.78, 5) is 33.5. The summed E-state index contributed by atoms with van der Waals surface area (Å²) in [6.07, 6.45) is 11.7. The van der Waals surface area contributed by atoms with E-state index >= 15 is 0 Å². The smallest absolute Gasteiger partial charge is 0.343 e. The third kappa shape index (κ3) is 7.27. The number of nitrogens with zero attached hydrogens (tertiary/aromatic N) is 2. The Bertz CT molecular complexity index is 1240. The predicted molar refractivity (Wildman–Crippen MR) is 167 cm³/mol. The molecular weight excluding hydrogens is 512 g/mol. The number of methoxy groups -OCH3 is 1. The zero-order valence-corrected chi connectivity index (χ0v) is 26.2. The van der Waals surface area contributed by atoms with E-state index in [0.29, 0.717) is 5.76 Å². The van der Waals surface area contributed by atoms with Crippen LogP contribution in [0, 0.1) is 11.3 Å². The van der Waals surface area contributed by atoms with Gasteiger partial charge in [-0.05, 0) is 61.2 Å². The van der Waals surface area contributed by atoms with Crippen LogP contribution in [0.2, 0.25) is 0 Å². The predicted octanol–water partition coefficient (Wildman–Crippen LogP) is 7.03. The number of carbonyl (C=O) groups excluding carboxylic acids is 2. The molecule has 1 aromatic rings. The first-order valence-electron chi connectivity index (χ1n) is 15.0. The van der Waals surface area contributed by atoms with Gasteiger partial charge in [0.2, 0.25) is 0 Å². The number of rotatable bonds is 12. The molecule has 1 heterocycles. The third-order valence-electron chi connectivity index (χ3n) is 8.62. The van der Waals surface area contributed by atoms with Crippen molar-refractivity contribution in [3.05, 3.63) is 82.8 Å². The number of carbonyl (C=O) groups is 2. The lowest BCUT2D eigenvalue weighted by Gasteiger charge is -2.49. The van der Waals surface area contributed by atoms with Crippen molar-refractivity contribution < 1.29 is 19.1 Å². The van der Waals surface area contributed by atoms with Gasteiger partial charge in [0.25, 0.3) is 0 Å². The van der Waals surface area contributed by atoms with Gasteiger partial charge in [0.05, 0.1) is 19.8 Å². The molecule has 0 fully saturated rings. The minimum Gasteiger partial charge on any atom is -0.494 e. The van der Waals surface area contributed by atoms with Crippen molar-refractivity contribution in [1.82, 2.24) is 4.90 Å². The van der Waals surface area contributed by atoms with Crippen LogP contribution >= 0.6 is 0 Å². The van der Waals surface area contributed by atoms with E-state index in [1.165, 1.54) is 5.56 Å². The second-order valence-corrected chi connectivity index (χ2v) is 11.6. The molecule has 0 N–H and O–H groups in total. The van der Waals surface area contributed by atoms with Gasteiger partial charge in [-0.1, -0.05) is 77.1 Å². The Morgan fingerprint density at radius 1 is 1.15 bits per heavy atom. The molecule has 1 aliphatic heterocycles. The van der Waals surface area contributed by atoms with E-state index in [9.17, 15) is 9.59 Å². The minimum atomic E-state index is -0.548. The molecule has 3 atom stereocenters. The van der Waals surface area contributed by atoms with Crippen LogP contribution in [0.5, 0.6) is 0 Å². The van der Waals surface area contributed by atoms with Gasteiger partial charge in [-0.3, -0.25) is 9.79 Å². The van der Waals surface area contributed by atoms with Crippen LogP contribution < -0.4 is 0 Å².